The minimum absolute atomic E-state index is 0.0631. The molecule has 10 heteroatoms. The van der Waals surface area contributed by atoms with Gasteiger partial charge in [0.05, 0.1) is 35.6 Å². The Hall–Kier alpha value is -3.06. The Kier molecular flexibility index (Phi) is 6.21. The van der Waals surface area contributed by atoms with Gasteiger partial charge in [0.25, 0.3) is 5.91 Å². The number of anilines is 1. The van der Waals surface area contributed by atoms with Crippen LogP contribution < -0.4 is 4.90 Å². The lowest BCUT2D eigenvalue weighted by Crippen LogP contribution is -2.47. The van der Waals surface area contributed by atoms with Gasteiger partial charge in [-0.05, 0) is 55.2 Å². The quantitative estimate of drug-likeness (QED) is 0.664. The number of amides is 1. The number of rotatable bonds is 6. The Labute approximate surface area is 201 Å². The van der Waals surface area contributed by atoms with Crippen LogP contribution in [-0.4, -0.2) is 60.4 Å². The Bertz CT molecular complexity index is 1100. The number of halogens is 3. The maximum absolute atomic E-state index is 13.6. The van der Waals surface area contributed by atoms with Crippen LogP contribution in [0.5, 0.6) is 0 Å². The van der Waals surface area contributed by atoms with E-state index in [1.165, 1.54) is 25.1 Å². The summed E-state index contributed by atoms with van der Waals surface area (Å²) < 4.78 is 46.8. The number of carbonyl (C=O) groups is 1. The summed E-state index contributed by atoms with van der Waals surface area (Å²) in [6.45, 7) is 3.64. The fourth-order valence-electron chi connectivity index (χ4n) is 5.45. The number of hydrogen-bond acceptors (Lipinski definition) is 5. The minimum atomic E-state index is -4.59. The molecule has 1 saturated carbocycles. The number of H-pyrrole nitrogens is 1. The Morgan fingerprint density at radius 1 is 1.26 bits per heavy atom. The number of nitrogens with one attached hydrogen (secondary N) is 1. The zero-order valence-electron chi connectivity index (χ0n) is 19.4. The molecule has 1 amide bonds. The molecule has 1 aliphatic carbocycles. The molecule has 1 N–H and O–H groups in total. The highest BCUT2D eigenvalue weighted by Gasteiger charge is 2.49. The summed E-state index contributed by atoms with van der Waals surface area (Å²) in [5.41, 5.74) is -0.429. The summed E-state index contributed by atoms with van der Waals surface area (Å²) in [4.78, 5) is 16.6. The van der Waals surface area contributed by atoms with Crippen LogP contribution in [0.15, 0.2) is 30.6 Å². The lowest BCUT2D eigenvalue weighted by Gasteiger charge is -2.42. The van der Waals surface area contributed by atoms with E-state index in [4.69, 9.17) is 10.00 Å². The molecule has 2 saturated heterocycles. The van der Waals surface area contributed by atoms with E-state index < -0.39 is 11.7 Å². The normalized spacial score (nSPS) is 21.9. The van der Waals surface area contributed by atoms with Gasteiger partial charge in [-0.25, -0.2) is 0 Å². The lowest BCUT2D eigenvalue weighted by atomic mass is 9.71. The van der Waals surface area contributed by atoms with Crippen molar-refractivity contribution < 1.29 is 22.7 Å². The van der Waals surface area contributed by atoms with Gasteiger partial charge in [-0.1, -0.05) is 0 Å². The molecule has 2 aliphatic heterocycles. The van der Waals surface area contributed by atoms with Crippen molar-refractivity contribution in [1.82, 2.24) is 15.1 Å². The van der Waals surface area contributed by atoms with Crippen LogP contribution in [0.2, 0.25) is 0 Å². The van der Waals surface area contributed by atoms with Crippen LogP contribution in [0.3, 0.4) is 0 Å². The zero-order chi connectivity index (χ0) is 24.6. The van der Waals surface area contributed by atoms with Gasteiger partial charge in [0.15, 0.2) is 0 Å². The number of nitriles is 1. The molecule has 0 radical (unpaired) electrons. The topological polar surface area (TPSA) is 85.2 Å². The summed E-state index contributed by atoms with van der Waals surface area (Å²) in [7, 11) is 0. The summed E-state index contributed by atoms with van der Waals surface area (Å²) in [5.74, 6) is 0.718. The molecule has 1 unspecified atom stereocenters. The van der Waals surface area contributed by atoms with Gasteiger partial charge in [0.2, 0.25) is 0 Å². The van der Waals surface area contributed by atoms with Crippen molar-refractivity contribution >= 4 is 11.6 Å². The molecule has 35 heavy (non-hydrogen) atoms. The average molecular weight is 488 g/mol. The van der Waals surface area contributed by atoms with E-state index in [2.05, 4.69) is 10.2 Å². The number of hydrogen-bond donors (Lipinski definition) is 1. The molecule has 5 rings (SSSR count). The van der Waals surface area contributed by atoms with Crippen LogP contribution in [0.4, 0.5) is 18.9 Å². The Morgan fingerprint density at radius 2 is 2.03 bits per heavy atom. The number of piperidine rings is 1. The van der Waals surface area contributed by atoms with Crippen molar-refractivity contribution in [2.75, 3.05) is 44.3 Å². The second-order valence-corrected chi connectivity index (χ2v) is 10.0. The molecule has 3 fully saturated rings. The zero-order valence-corrected chi connectivity index (χ0v) is 19.4. The third-order valence-electron chi connectivity index (χ3n) is 7.77. The molecule has 1 atom stereocenters. The van der Waals surface area contributed by atoms with Crippen molar-refractivity contribution in [2.45, 2.75) is 31.9 Å². The number of likely N-dealkylation sites (tertiary alicyclic amines) is 1. The maximum atomic E-state index is 13.6. The Morgan fingerprint density at radius 3 is 2.66 bits per heavy atom. The smallest absolute Gasteiger partial charge is 0.381 e. The third kappa shape index (κ3) is 4.87. The van der Waals surface area contributed by atoms with E-state index in [9.17, 15) is 18.0 Å². The largest absolute Gasteiger partial charge is 0.417 e. The van der Waals surface area contributed by atoms with E-state index in [1.807, 2.05) is 9.80 Å². The first-order valence-electron chi connectivity index (χ1n) is 12.0. The third-order valence-corrected chi connectivity index (χ3v) is 7.77. The Balaban J connectivity index is 1.34. The van der Waals surface area contributed by atoms with Gasteiger partial charge >= 0.3 is 6.18 Å². The van der Waals surface area contributed by atoms with Crippen LogP contribution in [0.1, 0.15) is 47.2 Å². The number of alkyl halides is 3. The summed E-state index contributed by atoms with van der Waals surface area (Å²) in [6.07, 6.45) is 2.41. The first-order chi connectivity index (χ1) is 16.8. The molecule has 7 nitrogen and oxygen atoms in total. The highest BCUT2D eigenvalue weighted by Crippen LogP contribution is 2.47. The second-order valence-electron chi connectivity index (χ2n) is 10.0. The number of ether oxygens (including phenoxy) is 1. The van der Waals surface area contributed by atoms with Crippen molar-refractivity contribution in [3.8, 4) is 6.07 Å². The maximum Gasteiger partial charge on any atom is 0.417 e. The van der Waals surface area contributed by atoms with Gasteiger partial charge in [0.1, 0.15) is 0 Å². The fourth-order valence-corrected chi connectivity index (χ4v) is 5.45. The van der Waals surface area contributed by atoms with Gasteiger partial charge in [-0.3, -0.25) is 9.89 Å². The molecule has 3 heterocycles. The van der Waals surface area contributed by atoms with E-state index >= 15 is 0 Å². The number of carbonyl (C=O) groups excluding carboxylic acids is 1. The van der Waals surface area contributed by atoms with Crippen molar-refractivity contribution in [3.05, 3.63) is 47.3 Å². The monoisotopic (exact) mass is 487 g/mol. The molecule has 1 aromatic heterocycles. The molecule has 1 aromatic carbocycles. The summed E-state index contributed by atoms with van der Waals surface area (Å²) in [5, 5.41) is 15.7. The summed E-state index contributed by atoms with van der Waals surface area (Å²) in [6, 6.07) is 5.61. The van der Waals surface area contributed by atoms with Gasteiger partial charge < -0.3 is 14.5 Å². The average Bonchev–Trinajstić information content (AvgIpc) is 3.37. The minimum Gasteiger partial charge on any atom is -0.381 e. The van der Waals surface area contributed by atoms with Crippen LogP contribution >= 0.6 is 0 Å². The lowest BCUT2D eigenvalue weighted by molar-refractivity contribution is -0.137. The van der Waals surface area contributed by atoms with E-state index in [0.717, 1.165) is 25.5 Å². The van der Waals surface area contributed by atoms with E-state index in [0.29, 0.717) is 50.0 Å². The molecule has 1 spiro atoms. The molecular weight excluding hydrogens is 459 g/mol. The predicted octanol–water partition coefficient (Wildman–Crippen LogP) is 4.09. The van der Waals surface area contributed by atoms with E-state index in [1.54, 1.807) is 18.3 Å². The molecular formula is C25H28F3N5O2. The first-order valence-corrected chi connectivity index (χ1v) is 12.0. The van der Waals surface area contributed by atoms with Crippen LogP contribution in [0.25, 0.3) is 0 Å². The van der Waals surface area contributed by atoms with Crippen LogP contribution in [0, 0.1) is 28.6 Å². The standard InChI is InChI=1S/C25H28F3N5O2/c26-25(27,28)22-9-21(4-3-18(22)10-29)33-13-20(15-35-14-17-1-2-17)24(16-33)5-7-32(8-6-24)23(34)19-11-30-31-12-19/h3-4,9,11-12,17,20H,1-2,5-8,13-16H2,(H,30,31). The highest BCUT2D eigenvalue weighted by molar-refractivity contribution is 5.93. The van der Waals surface area contributed by atoms with Gasteiger partial charge in [-0.2, -0.15) is 23.5 Å². The molecule has 0 bridgehead atoms. The number of aromatic amines is 1. The van der Waals surface area contributed by atoms with Gasteiger partial charge in [-0.15, -0.1) is 0 Å². The first kappa shape index (κ1) is 23.7. The number of nitrogens with zero attached hydrogens (tertiary/aromatic N) is 4. The predicted molar refractivity (Wildman–Crippen MR) is 122 cm³/mol. The second kappa shape index (κ2) is 9.19. The molecule has 3 aliphatic rings. The fraction of sp³-hybridized carbons (Fsp3) is 0.560. The SMILES string of the molecule is N#Cc1ccc(N2CC(COCC3CC3)C3(CCN(C(=O)c4cn[nH]c4)CC3)C2)cc1C(F)(F)F. The van der Waals surface area contributed by atoms with Crippen molar-refractivity contribution in [2.24, 2.45) is 17.3 Å². The number of aromatic nitrogens is 2. The van der Waals surface area contributed by atoms with Crippen LogP contribution in [-0.2, 0) is 10.9 Å². The summed E-state index contributed by atoms with van der Waals surface area (Å²) >= 11 is 0. The van der Waals surface area contributed by atoms with Crippen molar-refractivity contribution in [3.63, 3.8) is 0 Å². The van der Waals surface area contributed by atoms with Crippen molar-refractivity contribution in [1.29, 1.82) is 5.26 Å². The molecule has 2 aromatic rings. The van der Waals surface area contributed by atoms with E-state index in [-0.39, 0.29) is 22.8 Å². The van der Waals surface area contributed by atoms with Gasteiger partial charge in [0, 0.05) is 50.6 Å². The molecule has 186 valence electrons. The highest BCUT2D eigenvalue weighted by atomic mass is 19.4. The number of benzene rings is 1.